The molecule has 22 heavy (non-hydrogen) atoms. The quantitative estimate of drug-likeness (QED) is 0.417. The zero-order valence-corrected chi connectivity index (χ0v) is 13.1. The van der Waals surface area contributed by atoms with Gasteiger partial charge in [-0.25, -0.2) is 0 Å². The number of rotatable bonds is 6. The molecule has 4 atom stereocenters. The van der Waals surface area contributed by atoms with Gasteiger partial charge in [-0.2, -0.15) is 0 Å². The minimum atomic E-state index is 0.254. The zero-order valence-electron chi connectivity index (χ0n) is 13.1. The summed E-state index contributed by atoms with van der Waals surface area (Å²) in [6, 6.07) is 0. The molecule has 97 valence electrons. The van der Waals surface area contributed by atoms with E-state index in [9.17, 15) is 0 Å². The van der Waals surface area contributed by atoms with Crippen LogP contribution in [-0.4, -0.2) is 95.7 Å². The fraction of sp³-hybridized carbons (Fsp3) is 1.00. The van der Waals surface area contributed by atoms with E-state index >= 15 is 0 Å². The summed E-state index contributed by atoms with van der Waals surface area (Å²) in [5, 5.41) is 0.254. The lowest BCUT2D eigenvalue weighted by Gasteiger charge is -2.57. The van der Waals surface area contributed by atoms with Crippen LogP contribution < -0.4 is 0 Å². The average Bonchev–Trinajstić information content (AvgIpc) is 3.38. The van der Waals surface area contributed by atoms with Crippen molar-refractivity contribution in [2.75, 3.05) is 13.2 Å². The summed E-state index contributed by atoms with van der Waals surface area (Å²) in [5.74, 6) is 0.711. The van der Waals surface area contributed by atoms with Crippen LogP contribution >= 0.6 is 0 Å². The van der Waals surface area contributed by atoms with Crippen molar-refractivity contribution in [2.45, 2.75) is 48.9 Å². The molecule has 5 saturated heterocycles. The molecule has 0 unspecified atom stereocenters. The predicted molar refractivity (Wildman–Crippen MR) is 102 cm³/mol. The molecule has 5 aliphatic heterocycles. The zero-order chi connectivity index (χ0) is 14.8. The molecule has 5 heterocycles. The Balaban J connectivity index is 1.40. The van der Waals surface area contributed by atoms with Gasteiger partial charge in [0.25, 0.3) is 0 Å². The summed E-state index contributed by atoms with van der Waals surface area (Å²) >= 11 is 0. The molecule has 0 aromatic carbocycles. The van der Waals surface area contributed by atoms with E-state index in [1.165, 1.54) is 25.7 Å². The number of fused-ring (bicyclic) bond motifs is 7. The van der Waals surface area contributed by atoms with Gasteiger partial charge >= 0.3 is 0 Å². The highest BCUT2D eigenvalue weighted by molar-refractivity contribution is 7.73. The first-order chi connectivity index (χ1) is 10.9. The highest BCUT2D eigenvalue weighted by atomic mass is 16.6. The van der Waals surface area contributed by atoms with E-state index < -0.39 is 0 Å². The molecule has 0 spiro atoms. The molecule has 5 aliphatic rings. The van der Waals surface area contributed by atoms with Crippen molar-refractivity contribution in [3.05, 3.63) is 0 Å². The topological polar surface area (TPSA) is 25.1 Å². The highest BCUT2D eigenvalue weighted by Crippen LogP contribution is 2.56. The molecule has 5 rings (SSSR count). The molecule has 5 fully saturated rings. The van der Waals surface area contributed by atoms with Crippen molar-refractivity contribution in [3.8, 4) is 0 Å². The van der Waals surface area contributed by atoms with Gasteiger partial charge in [0.1, 0.15) is 0 Å². The van der Waals surface area contributed by atoms with Gasteiger partial charge in [-0.3, -0.25) is 0 Å². The summed E-state index contributed by atoms with van der Waals surface area (Å²) in [6.07, 6.45) is 5.94. The molecule has 12 heteroatoms. The van der Waals surface area contributed by atoms with Crippen LogP contribution in [0.5, 0.6) is 0 Å². The Kier molecular flexibility index (Phi) is 5.27. The van der Waals surface area contributed by atoms with E-state index in [1.807, 2.05) is 0 Å². The van der Waals surface area contributed by atoms with Gasteiger partial charge in [0, 0.05) is 49.4 Å². The van der Waals surface area contributed by atoms with Gasteiger partial charge in [0.05, 0.1) is 46.3 Å². The standard InChI is InChI=1S/C10H15B10O2/c1(7-5-21-7)2-9-10(4-3-8-6-22-8)11-13-14-15-16-17-18-19-20(9)12-10/h7-9H,1-6H2/t7-,8+,9+,10-/m1/s1. The van der Waals surface area contributed by atoms with Crippen molar-refractivity contribution in [1.82, 2.24) is 0 Å². The first-order valence-corrected chi connectivity index (χ1v) is 8.64. The van der Waals surface area contributed by atoms with Crippen LogP contribution in [-0.2, 0) is 9.47 Å². The lowest BCUT2D eigenvalue weighted by atomic mass is 8.75. The minimum absolute atomic E-state index is 0.254. The Hall–Kier alpha value is 0.569. The van der Waals surface area contributed by atoms with E-state index in [2.05, 4.69) is 63.8 Å². The molecular formula is C10H15B10O2. The van der Waals surface area contributed by atoms with Crippen molar-refractivity contribution in [2.24, 2.45) is 0 Å². The van der Waals surface area contributed by atoms with Gasteiger partial charge in [-0.15, -0.1) is 5.21 Å². The largest absolute Gasteiger partial charge is 0.373 e. The first-order valence-electron chi connectivity index (χ1n) is 8.64. The summed E-state index contributed by atoms with van der Waals surface area (Å²) < 4.78 is 10.9. The molecule has 2 nitrogen and oxygen atoms in total. The summed E-state index contributed by atoms with van der Waals surface area (Å²) in [5.41, 5.74) is 0. The van der Waals surface area contributed by atoms with Crippen LogP contribution in [0, 0.1) is 0 Å². The molecule has 0 N–H and O–H groups in total. The maximum absolute atomic E-state index is 5.43. The van der Waals surface area contributed by atoms with Gasteiger partial charge in [0.15, 0.2) is 0 Å². The maximum Gasteiger partial charge on any atom is 0.0809 e. The lowest BCUT2D eigenvalue weighted by Crippen LogP contribution is -2.62. The van der Waals surface area contributed by atoms with E-state index in [1.54, 1.807) is 0 Å². The van der Waals surface area contributed by atoms with Crippen LogP contribution in [0.15, 0.2) is 0 Å². The van der Waals surface area contributed by atoms with Crippen LogP contribution in [0.1, 0.15) is 25.7 Å². The Morgan fingerprint density at radius 1 is 0.864 bits per heavy atom. The maximum atomic E-state index is 5.43. The van der Waals surface area contributed by atoms with Crippen LogP contribution in [0.2, 0.25) is 11.0 Å². The molecule has 0 amide bonds. The average molecular weight is 275 g/mol. The Bertz CT molecular complexity index is 377. The van der Waals surface area contributed by atoms with Gasteiger partial charge in [-0.1, -0.05) is 18.7 Å². The van der Waals surface area contributed by atoms with E-state index in [4.69, 9.17) is 9.47 Å². The van der Waals surface area contributed by atoms with Gasteiger partial charge < -0.3 is 9.47 Å². The third-order valence-corrected chi connectivity index (χ3v) is 5.46. The third-order valence-electron chi connectivity index (χ3n) is 5.46. The highest BCUT2D eigenvalue weighted by Gasteiger charge is 2.53. The molecule has 0 aliphatic carbocycles. The molecule has 0 aromatic rings. The van der Waals surface area contributed by atoms with Crippen molar-refractivity contribution in [3.63, 3.8) is 0 Å². The number of hydrogen-bond acceptors (Lipinski definition) is 2. The third kappa shape index (κ3) is 3.97. The second kappa shape index (κ2) is 7.21. The fourth-order valence-electron chi connectivity index (χ4n) is 3.95. The predicted octanol–water partition coefficient (Wildman–Crippen LogP) is -1.91. The Morgan fingerprint density at radius 3 is 2.32 bits per heavy atom. The number of ether oxygens (including phenoxy) is 2. The molecule has 2 bridgehead atoms. The van der Waals surface area contributed by atoms with Gasteiger partial charge in [-0.05, 0) is 12.8 Å². The van der Waals surface area contributed by atoms with E-state index in [0.717, 1.165) is 13.2 Å². The molecule has 0 aromatic heterocycles. The monoisotopic (exact) mass is 277 g/mol. The van der Waals surface area contributed by atoms with E-state index in [0.29, 0.717) is 24.5 Å². The number of epoxide rings is 2. The summed E-state index contributed by atoms with van der Waals surface area (Å²) in [4.78, 5) is 0. The lowest BCUT2D eigenvalue weighted by molar-refractivity contribution is 0.370. The van der Waals surface area contributed by atoms with Crippen LogP contribution in [0.25, 0.3) is 0 Å². The van der Waals surface area contributed by atoms with Crippen LogP contribution in [0.3, 0.4) is 0 Å². The normalized spacial score (nSPS) is 38.2. The molecular weight excluding hydrogens is 260 g/mol. The second-order valence-electron chi connectivity index (χ2n) is 7.00. The summed E-state index contributed by atoms with van der Waals surface area (Å²) in [7, 11) is 20.3. The smallest absolute Gasteiger partial charge is 0.0809 e. The summed E-state index contributed by atoms with van der Waals surface area (Å²) in [6.45, 7) is 2.54. The van der Waals surface area contributed by atoms with Crippen LogP contribution in [0.4, 0.5) is 0 Å². The van der Waals surface area contributed by atoms with Crippen molar-refractivity contribution < 1.29 is 9.47 Å². The SMILES string of the molecule is [B]1[B][B][B][B][C@]2(CC[C@H]3CO3)[B]B([B][B][B]1)[C@H]2CC[C@@H]1CO1. The van der Waals surface area contributed by atoms with Gasteiger partial charge in [0.2, 0.25) is 0 Å². The molecule has 9 radical (unpaired) electrons. The fourth-order valence-corrected chi connectivity index (χ4v) is 3.95. The molecule has 0 saturated carbocycles. The Morgan fingerprint density at radius 2 is 1.55 bits per heavy atom. The first kappa shape index (κ1) is 16.1. The van der Waals surface area contributed by atoms with Crippen molar-refractivity contribution >= 4 is 70.3 Å². The van der Waals surface area contributed by atoms with E-state index in [-0.39, 0.29) is 5.21 Å². The minimum Gasteiger partial charge on any atom is -0.373 e. The number of hydrogen-bond donors (Lipinski definition) is 0. The van der Waals surface area contributed by atoms with Crippen molar-refractivity contribution in [1.29, 1.82) is 0 Å². The second-order valence-corrected chi connectivity index (χ2v) is 7.00. The Labute approximate surface area is 142 Å².